The smallest absolute Gasteiger partial charge is 0.200 e. The third-order valence-corrected chi connectivity index (χ3v) is 27.4. The van der Waals surface area contributed by atoms with Crippen molar-refractivity contribution in [2.45, 2.75) is 253 Å². The zero-order chi connectivity index (χ0) is 69.3. The summed E-state index contributed by atoms with van der Waals surface area (Å²) in [5.74, 6) is 6.16. The van der Waals surface area contributed by atoms with Crippen molar-refractivity contribution in [1.29, 1.82) is 0 Å². The van der Waals surface area contributed by atoms with Gasteiger partial charge in [0, 0.05) is 85.5 Å². The van der Waals surface area contributed by atoms with Gasteiger partial charge in [-0.1, -0.05) is 189 Å². The Balaban J connectivity index is 0.650. The Morgan fingerprint density at radius 2 is 0.673 bits per heavy atom. The van der Waals surface area contributed by atoms with Crippen molar-refractivity contribution in [3.8, 4) is 0 Å². The molecule has 6 aromatic rings. The van der Waals surface area contributed by atoms with Crippen LogP contribution in [0.1, 0.15) is 249 Å². The van der Waals surface area contributed by atoms with Crippen molar-refractivity contribution in [3.05, 3.63) is 214 Å². The number of benzene rings is 6. The van der Waals surface area contributed by atoms with Crippen LogP contribution in [0, 0.1) is 47.3 Å². The van der Waals surface area contributed by atoms with Crippen LogP contribution in [0.25, 0.3) is 32.7 Å². The highest BCUT2D eigenvalue weighted by atomic mass is 15.2. The lowest BCUT2D eigenvalue weighted by Gasteiger charge is -2.39. The van der Waals surface area contributed by atoms with Crippen LogP contribution in [0.3, 0.4) is 0 Å². The van der Waals surface area contributed by atoms with Gasteiger partial charge >= 0.3 is 0 Å². The molecule has 0 aliphatic heterocycles. The second-order valence-corrected chi connectivity index (χ2v) is 33.5. The fraction of sp³-hybridized carbons (Fsp3) is 0.526. The van der Waals surface area contributed by atoms with E-state index in [-0.39, 0.29) is 0 Å². The molecule has 0 amide bonds. The molecule has 6 aromatic carbocycles. The van der Waals surface area contributed by atoms with Crippen LogP contribution in [-0.4, -0.2) is 70.9 Å². The molecule has 4 heteroatoms. The van der Waals surface area contributed by atoms with Crippen molar-refractivity contribution in [2.24, 2.45) is 47.3 Å². The zero-order valence-corrected chi connectivity index (χ0v) is 63.8. The topological polar surface area (TPSA) is 12.5 Å². The van der Waals surface area contributed by atoms with E-state index in [1.54, 1.807) is 11.1 Å². The summed E-state index contributed by atoms with van der Waals surface area (Å²) in [6.07, 6.45) is 55.9. The van der Waals surface area contributed by atoms with Gasteiger partial charge in [-0.05, 0) is 285 Å². The summed E-state index contributed by atoms with van der Waals surface area (Å²) in [5, 5.41) is 5.68. The number of hydrogen-bond donors (Lipinski definition) is 0. The average molecular weight is 1350 g/mol. The molecular weight excluding hydrogens is 1220 g/mol. The molecule has 101 heavy (non-hydrogen) atoms. The van der Waals surface area contributed by atoms with Gasteiger partial charge in [0.25, 0.3) is 0 Å². The standard InChI is InChI=1S/C97H126N4/c1-9-98(92-33-21-13-25-68(92)5)82-55-45-76(46-56-82)96(77-47-57-83(58-48-77)99(10-2)93-34-22-14-26-69(93)6)90-63-53-80(86-29-17-19-31-88(86)90)66-74-41-37-72(38-42-74)65-73-39-43-75(44-40-73)67-81-54-64-91(89-32-20-18-30-87(81)89)97(78-49-59-84(60-50-78)100(11-3)94-35-23-15-27-70(94)7)79-51-61-85(62-52-79)101(12-4)95-36-24-16-28-71(95)8/h17-20,29-32,45-64,68-75,92-95H,9-16,21-28,33-44,65-67H2,1-8H3/q+2. The van der Waals surface area contributed by atoms with Crippen LogP contribution in [0.15, 0.2) is 181 Å². The van der Waals surface area contributed by atoms with Gasteiger partial charge in [-0.3, -0.25) is 0 Å². The number of rotatable bonds is 20. The quantitative estimate of drug-likeness (QED) is 0.0707. The van der Waals surface area contributed by atoms with Crippen molar-refractivity contribution >= 4 is 55.5 Å². The van der Waals surface area contributed by atoms with Gasteiger partial charge in [-0.2, -0.15) is 0 Å². The Morgan fingerprint density at radius 3 is 1.02 bits per heavy atom. The monoisotopic (exact) mass is 1350 g/mol. The molecule has 14 rings (SSSR count). The van der Waals surface area contributed by atoms with Crippen LogP contribution < -0.4 is 9.80 Å². The highest BCUT2D eigenvalue weighted by Crippen LogP contribution is 2.45. The van der Waals surface area contributed by atoms with E-state index in [0.29, 0.717) is 24.2 Å². The summed E-state index contributed by atoms with van der Waals surface area (Å²) >= 11 is 0. The molecule has 0 heterocycles. The summed E-state index contributed by atoms with van der Waals surface area (Å²) in [6.45, 7) is 23.6. The first kappa shape index (κ1) is 71.2. The predicted octanol–water partition coefficient (Wildman–Crippen LogP) is 24.6. The van der Waals surface area contributed by atoms with Crippen molar-refractivity contribution in [3.63, 3.8) is 0 Å². The maximum atomic E-state index is 2.71. The van der Waals surface area contributed by atoms with Gasteiger partial charge in [0.1, 0.15) is 13.1 Å². The minimum atomic E-state index is 0.620. The maximum absolute atomic E-state index is 2.71. The Bertz CT molecular complexity index is 3770. The summed E-state index contributed by atoms with van der Waals surface area (Å²) in [6, 6.07) is 51.1. The van der Waals surface area contributed by atoms with E-state index in [1.165, 1.54) is 262 Å². The third kappa shape index (κ3) is 15.9. The molecule has 8 unspecified atom stereocenters. The lowest BCUT2D eigenvalue weighted by atomic mass is 9.71. The van der Waals surface area contributed by atoms with E-state index < -0.39 is 0 Å². The van der Waals surface area contributed by atoms with Crippen LogP contribution >= 0.6 is 0 Å². The first-order valence-corrected chi connectivity index (χ1v) is 41.8. The lowest BCUT2D eigenvalue weighted by molar-refractivity contribution is -0.573. The molecule has 0 saturated heterocycles. The summed E-state index contributed by atoms with van der Waals surface area (Å²) < 4.78 is 5.42. The van der Waals surface area contributed by atoms with E-state index in [2.05, 4.69) is 244 Å². The average Bonchev–Trinajstić information content (AvgIpc) is 0.770. The van der Waals surface area contributed by atoms with Crippen molar-refractivity contribution in [1.82, 2.24) is 0 Å². The Labute approximate surface area is 611 Å². The molecule has 6 saturated carbocycles. The van der Waals surface area contributed by atoms with Crippen LogP contribution in [-0.2, 0) is 12.8 Å². The van der Waals surface area contributed by atoms with E-state index in [0.717, 1.165) is 73.5 Å². The van der Waals surface area contributed by atoms with E-state index in [4.69, 9.17) is 0 Å². The molecule has 0 N–H and O–H groups in total. The number of nitrogens with zero attached hydrogens (tertiary/aromatic N) is 4. The fourth-order valence-corrected chi connectivity index (χ4v) is 21.7. The molecule has 4 nitrogen and oxygen atoms in total. The van der Waals surface area contributed by atoms with Gasteiger partial charge < -0.3 is 9.80 Å². The lowest BCUT2D eigenvalue weighted by Crippen LogP contribution is -2.41. The molecule has 0 bridgehead atoms. The highest BCUT2D eigenvalue weighted by Gasteiger charge is 2.36. The Kier molecular flexibility index (Phi) is 23.5. The molecule has 8 aliphatic carbocycles. The third-order valence-electron chi connectivity index (χ3n) is 27.4. The van der Waals surface area contributed by atoms with Gasteiger partial charge in [-0.15, -0.1) is 0 Å². The minimum absolute atomic E-state index is 0.620. The minimum Gasteiger partial charge on any atom is -0.369 e. The molecule has 8 aliphatic rings. The zero-order valence-electron chi connectivity index (χ0n) is 63.8. The first-order chi connectivity index (χ1) is 49.6. The van der Waals surface area contributed by atoms with Gasteiger partial charge in [0.15, 0.2) is 23.5 Å². The van der Waals surface area contributed by atoms with Gasteiger partial charge in [-0.25, -0.2) is 9.15 Å². The highest BCUT2D eigenvalue weighted by molar-refractivity contribution is 6.08. The van der Waals surface area contributed by atoms with Gasteiger partial charge in [0.05, 0.1) is 0 Å². The second kappa shape index (κ2) is 33.3. The fourth-order valence-electron chi connectivity index (χ4n) is 21.7. The summed E-state index contributed by atoms with van der Waals surface area (Å²) in [7, 11) is 0. The first-order valence-electron chi connectivity index (χ1n) is 41.8. The SMILES string of the molecule is CCN(c1ccc(C(=C2C=CC(=[N+](CC)C3CCCCC3C)C=C2)c2ccc(CC3CCC(CC4CCC(Cc5ccc(C(=C6C=CC(=[N+](CC)C7CCCCC7C)C=C6)c6ccc(N(CC)C7CCCCC7C)cc6)c6ccccc56)CC4)CC3)c3ccccc23)cc1)C1CCCCC1C. The van der Waals surface area contributed by atoms with E-state index in [1.807, 2.05) is 0 Å². The van der Waals surface area contributed by atoms with Crippen molar-refractivity contribution in [2.75, 3.05) is 36.0 Å². The van der Waals surface area contributed by atoms with E-state index in [9.17, 15) is 0 Å². The number of hydrogen-bond acceptors (Lipinski definition) is 2. The molecule has 0 aromatic heterocycles. The molecule has 0 radical (unpaired) electrons. The number of allylic oxidation sites excluding steroid dienone is 10. The Morgan fingerprint density at radius 1 is 0.337 bits per heavy atom. The normalized spacial score (nSPS) is 27.1. The molecule has 532 valence electrons. The Hall–Kier alpha value is -6.78. The molecule has 0 spiro atoms. The molecular formula is C97H126N4+2. The largest absolute Gasteiger partial charge is 0.369 e. The summed E-state index contributed by atoms with van der Waals surface area (Å²) in [5.41, 5.74) is 19.3. The van der Waals surface area contributed by atoms with E-state index >= 15 is 0 Å². The van der Waals surface area contributed by atoms with Crippen molar-refractivity contribution < 1.29 is 9.15 Å². The summed E-state index contributed by atoms with van der Waals surface area (Å²) in [4.78, 5) is 5.42. The number of anilines is 2. The van der Waals surface area contributed by atoms with Crippen LogP contribution in [0.5, 0.6) is 0 Å². The van der Waals surface area contributed by atoms with Gasteiger partial charge in [0.2, 0.25) is 0 Å². The van der Waals surface area contributed by atoms with Crippen LogP contribution in [0.4, 0.5) is 11.4 Å². The van der Waals surface area contributed by atoms with Crippen LogP contribution in [0.2, 0.25) is 0 Å². The molecule has 8 atom stereocenters. The second-order valence-electron chi connectivity index (χ2n) is 33.5. The predicted molar refractivity (Wildman–Crippen MR) is 436 cm³/mol. The number of fused-ring (bicyclic) bond motifs is 2. The molecule has 6 fully saturated rings. The maximum Gasteiger partial charge on any atom is 0.200 e.